The van der Waals surface area contributed by atoms with Gasteiger partial charge in [0.1, 0.15) is 11.2 Å². The quantitative estimate of drug-likeness (QED) is 0.0801. The van der Waals surface area contributed by atoms with E-state index < -0.39 is 10.8 Å². The van der Waals surface area contributed by atoms with Crippen molar-refractivity contribution in [1.82, 2.24) is 4.57 Å². The van der Waals surface area contributed by atoms with E-state index in [-0.39, 0.29) is 0 Å². The highest BCUT2D eigenvalue weighted by Crippen LogP contribution is 2.60. The Hall–Kier alpha value is -17.2. The minimum atomic E-state index is -0.482. The van der Waals surface area contributed by atoms with Crippen LogP contribution in [0.25, 0.3) is 159 Å². The lowest BCUT2D eigenvalue weighted by Gasteiger charge is -2.34. The van der Waals surface area contributed by atoms with Crippen LogP contribution in [0.15, 0.2) is 508 Å². The van der Waals surface area contributed by atoms with Gasteiger partial charge in [-0.25, -0.2) is 0 Å². The molecule has 0 fully saturated rings. The average Bonchev–Trinajstić information content (AvgIpc) is 1.50. The molecule has 25 aromatic rings. The number of benzene rings is 23. The number of hydrogen-bond acceptors (Lipinski definition) is 3. The van der Waals surface area contributed by atoms with Gasteiger partial charge in [0.2, 0.25) is 0 Å². The molecule has 0 saturated heterocycles. The Morgan fingerprint density at radius 3 is 0.985 bits per heavy atom. The maximum atomic E-state index is 6.12. The molecule has 0 bridgehead atoms. The van der Waals surface area contributed by atoms with E-state index in [2.05, 4.69) is 506 Å². The van der Waals surface area contributed by atoms with E-state index in [1.165, 1.54) is 176 Å². The standard InChI is InChI=1S/C78H52N2.C50H31NO/c1-5-21-55(22-6-1)77(69-33-17-13-29-63(69)64-30-14-18-34-70(64)77)57-41-45-61(46-42-57)79(59-25-9-3-10-26-59)73-51-39-53-38-50-68-74(52-40-54-37-49-67(73)75(53)76(54)68)80(60-27-11-4-12-28-60)62-47-43-58(44-48-62)78(56-23-7-2-8-24-56)71-35-19-15-31-65(71)66-32-16-20-36-72(66)78;1-2-12-32(13-3-1)49-39-16-4-6-18-41(39)50(42-19-7-5-17-40(42)49)33-22-26-36(27-23-33)51-45-20-10-8-14-37(45)43-30-34(24-28-46(43)51)35-25-29-48-44(31-35)38-15-9-11-21-47(38)52-48/h1-52H;1-31H. The normalized spacial score (nSPS) is 12.8. The van der Waals surface area contributed by atoms with Gasteiger partial charge in [0.15, 0.2) is 0 Å². The molecule has 23 aromatic carbocycles. The molecule has 27 rings (SSSR count). The van der Waals surface area contributed by atoms with Gasteiger partial charge in [-0.3, -0.25) is 0 Å². The average molecular weight is 1680 g/mol. The predicted molar refractivity (Wildman–Crippen MR) is 553 cm³/mol. The van der Waals surface area contributed by atoms with Gasteiger partial charge in [0, 0.05) is 60.8 Å². The number of furan rings is 1. The molecule has 0 radical (unpaired) electrons. The second kappa shape index (κ2) is 30.8. The summed E-state index contributed by atoms with van der Waals surface area (Å²) in [6, 6.07) is 185. The molecular weight excluding hydrogens is 1600 g/mol. The van der Waals surface area contributed by atoms with Crippen LogP contribution in [0.4, 0.5) is 34.1 Å². The molecule has 4 heteroatoms. The fourth-order valence-corrected chi connectivity index (χ4v) is 22.8. The third kappa shape index (κ3) is 11.7. The van der Waals surface area contributed by atoms with Crippen LogP contribution in [0.2, 0.25) is 0 Å². The van der Waals surface area contributed by atoms with Gasteiger partial charge in [-0.1, -0.05) is 394 Å². The first-order chi connectivity index (χ1) is 65.5. The Balaban J connectivity index is 0.000000151. The molecule has 0 unspecified atom stereocenters. The van der Waals surface area contributed by atoms with Crippen molar-refractivity contribution in [2.45, 2.75) is 10.8 Å². The van der Waals surface area contributed by atoms with Crippen LogP contribution in [-0.2, 0) is 10.8 Å². The van der Waals surface area contributed by atoms with Gasteiger partial charge in [-0.2, -0.15) is 0 Å². The fourth-order valence-electron chi connectivity index (χ4n) is 22.8. The van der Waals surface area contributed by atoms with Crippen molar-refractivity contribution < 1.29 is 4.42 Å². The summed E-state index contributed by atoms with van der Waals surface area (Å²) in [6.45, 7) is 0. The van der Waals surface area contributed by atoms with E-state index in [4.69, 9.17) is 4.42 Å². The zero-order valence-corrected chi connectivity index (χ0v) is 72.2. The first-order valence-electron chi connectivity index (χ1n) is 45.7. The van der Waals surface area contributed by atoms with Crippen LogP contribution in [0.3, 0.4) is 0 Å². The van der Waals surface area contributed by atoms with Crippen molar-refractivity contribution in [2.75, 3.05) is 9.80 Å². The van der Waals surface area contributed by atoms with Gasteiger partial charge < -0.3 is 18.8 Å². The third-order valence-corrected chi connectivity index (χ3v) is 28.4. The van der Waals surface area contributed by atoms with Gasteiger partial charge in [0.25, 0.3) is 0 Å². The van der Waals surface area contributed by atoms with E-state index in [0.29, 0.717) is 0 Å². The van der Waals surface area contributed by atoms with Crippen molar-refractivity contribution in [3.63, 3.8) is 0 Å². The minimum Gasteiger partial charge on any atom is -0.456 e. The second-order valence-electron chi connectivity index (χ2n) is 35.1. The fraction of sp³-hybridized carbons (Fsp3) is 0.0156. The first kappa shape index (κ1) is 76.1. The minimum absolute atomic E-state index is 0.482. The Bertz CT molecular complexity index is 8360. The highest BCUT2D eigenvalue weighted by Gasteiger charge is 2.48. The van der Waals surface area contributed by atoms with Crippen molar-refractivity contribution >= 4 is 132 Å². The lowest BCUT2D eigenvalue weighted by atomic mass is 9.68. The molecule has 0 spiro atoms. The van der Waals surface area contributed by atoms with Crippen LogP contribution in [0, 0.1) is 0 Å². The number of anilines is 6. The Morgan fingerprint density at radius 1 is 0.197 bits per heavy atom. The summed E-state index contributed by atoms with van der Waals surface area (Å²) in [5.41, 5.74) is 33.8. The van der Waals surface area contributed by atoms with E-state index in [0.717, 1.165) is 61.8 Å². The number of rotatable bonds is 14. The highest BCUT2D eigenvalue weighted by molar-refractivity contribution is 6.29. The second-order valence-corrected chi connectivity index (χ2v) is 35.1. The Labute approximate surface area is 765 Å². The van der Waals surface area contributed by atoms with Crippen LogP contribution in [0.5, 0.6) is 0 Å². The topological polar surface area (TPSA) is 24.6 Å². The molecule has 2 aliphatic carbocycles. The third-order valence-electron chi connectivity index (χ3n) is 28.4. The van der Waals surface area contributed by atoms with Crippen LogP contribution in [0.1, 0.15) is 44.5 Å². The zero-order chi connectivity index (χ0) is 87.0. The summed E-state index contributed by atoms with van der Waals surface area (Å²) in [7, 11) is 0. The van der Waals surface area contributed by atoms with Crippen LogP contribution >= 0.6 is 0 Å². The number of aromatic nitrogens is 1. The maximum Gasteiger partial charge on any atom is 0.135 e. The summed E-state index contributed by atoms with van der Waals surface area (Å²) in [5.74, 6) is 0. The summed E-state index contributed by atoms with van der Waals surface area (Å²) in [6.07, 6.45) is 0. The summed E-state index contributed by atoms with van der Waals surface area (Å²) >= 11 is 0. The van der Waals surface area contributed by atoms with Crippen LogP contribution < -0.4 is 9.80 Å². The van der Waals surface area contributed by atoms with Gasteiger partial charge >= 0.3 is 0 Å². The Morgan fingerprint density at radius 2 is 0.523 bits per heavy atom. The largest absolute Gasteiger partial charge is 0.456 e. The molecule has 0 aliphatic heterocycles. The molecule has 2 heterocycles. The predicted octanol–water partition coefficient (Wildman–Crippen LogP) is 34.2. The summed E-state index contributed by atoms with van der Waals surface area (Å²) in [4.78, 5) is 4.90. The molecule has 2 aliphatic rings. The number of para-hydroxylation sites is 4. The summed E-state index contributed by atoms with van der Waals surface area (Å²) in [5, 5.41) is 17.2. The van der Waals surface area contributed by atoms with E-state index in [9.17, 15) is 0 Å². The summed E-state index contributed by atoms with van der Waals surface area (Å²) < 4.78 is 8.52. The SMILES string of the molecule is c1ccc(-c2c3ccccc3c(-c3ccc(-n4c5ccccc5c5cc(-c6ccc7oc8ccccc8c7c6)ccc54)cc3)c3ccccc23)cc1.c1ccc(N(c2ccc(C3(c4ccccc4)c4ccccc4-c4ccccc43)cc2)c2ccc3ccc4c(N(c5ccccc5)c5ccc(C6(c7ccccc7)c7ccccc7-c7ccccc76)cc5)ccc5ccc2c3c54)cc1. The van der Waals surface area contributed by atoms with E-state index >= 15 is 0 Å². The lowest BCUT2D eigenvalue weighted by molar-refractivity contribution is 0.669. The lowest BCUT2D eigenvalue weighted by Crippen LogP contribution is -2.28. The molecule has 4 nitrogen and oxygen atoms in total. The highest BCUT2D eigenvalue weighted by atomic mass is 16.3. The first-order valence-corrected chi connectivity index (χ1v) is 45.7. The maximum absolute atomic E-state index is 6.12. The monoisotopic (exact) mass is 1680 g/mol. The molecule has 2 aromatic heterocycles. The molecular formula is C128H83N3O. The van der Waals surface area contributed by atoms with Gasteiger partial charge in [-0.15, -0.1) is 0 Å². The number of nitrogens with zero attached hydrogens (tertiary/aromatic N) is 3. The zero-order valence-electron chi connectivity index (χ0n) is 72.2. The van der Waals surface area contributed by atoms with Crippen molar-refractivity contribution in [1.29, 1.82) is 0 Å². The van der Waals surface area contributed by atoms with E-state index in [1.54, 1.807) is 0 Å². The van der Waals surface area contributed by atoms with Crippen molar-refractivity contribution in [3.05, 3.63) is 548 Å². The molecule has 0 amide bonds. The molecule has 0 atom stereocenters. The van der Waals surface area contributed by atoms with Crippen molar-refractivity contribution in [2.24, 2.45) is 0 Å². The number of fused-ring (bicyclic) bond motifs is 14. The molecule has 0 N–H and O–H groups in total. The number of hydrogen-bond donors (Lipinski definition) is 0. The molecule has 616 valence electrons. The van der Waals surface area contributed by atoms with E-state index in [1.807, 2.05) is 12.1 Å². The molecule has 0 saturated carbocycles. The van der Waals surface area contributed by atoms with Gasteiger partial charge in [-0.05, 0) is 252 Å². The Kier molecular flexibility index (Phi) is 17.8. The smallest absolute Gasteiger partial charge is 0.135 e. The van der Waals surface area contributed by atoms with Crippen LogP contribution in [-0.4, -0.2) is 4.57 Å². The van der Waals surface area contributed by atoms with Crippen molar-refractivity contribution in [3.8, 4) is 61.3 Å². The van der Waals surface area contributed by atoms with Gasteiger partial charge in [0.05, 0.1) is 33.2 Å². The molecule has 132 heavy (non-hydrogen) atoms.